The number of carbonyl (C=O) groups is 1. The number of benzene rings is 1. The summed E-state index contributed by atoms with van der Waals surface area (Å²) in [4.78, 5) is 15.8. The largest absolute Gasteiger partial charge is 0.341 e. The summed E-state index contributed by atoms with van der Waals surface area (Å²) in [6, 6.07) is 8.30. The number of sulfone groups is 1. The Bertz CT molecular complexity index is 1000. The minimum Gasteiger partial charge on any atom is -0.325 e. The second-order valence-electron chi connectivity index (χ2n) is 5.54. The molecule has 2 rings (SSSR count). The maximum absolute atomic E-state index is 12.5. The Morgan fingerprint density at radius 2 is 1.93 bits per heavy atom. The first-order valence-corrected chi connectivity index (χ1v) is 10.1. The molecule has 0 fully saturated rings. The fraction of sp³-hybridized carbons (Fsp3) is 0.235. The van der Waals surface area contributed by atoms with E-state index in [1.54, 1.807) is 19.9 Å². The molecule has 1 amide bonds. The number of nitrogens with zero attached hydrogens (tertiary/aromatic N) is 2. The topological polar surface area (TPSA) is 99.9 Å². The molecule has 0 radical (unpaired) electrons. The molecule has 10 heteroatoms. The molecule has 1 aromatic heterocycles. The summed E-state index contributed by atoms with van der Waals surface area (Å²) in [7, 11) is -4.67. The lowest BCUT2D eigenvalue weighted by atomic mass is 10.1. The van der Waals surface area contributed by atoms with E-state index in [1.807, 2.05) is 0 Å². The van der Waals surface area contributed by atoms with Crippen molar-refractivity contribution in [1.82, 2.24) is 4.98 Å². The summed E-state index contributed by atoms with van der Waals surface area (Å²) in [5.74, 6) is -3.94. The molecule has 1 aromatic carbocycles. The lowest BCUT2D eigenvalue weighted by molar-refractivity contribution is -0.113. The van der Waals surface area contributed by atoms with E-state index in [-0.39, 0.29) is 11.4 Å². The third-order valence-corrected chi connectivity index (χ3v) is 5.84. The van der Waals surface area contributed by atoms with Crippen molar-refractivity contribution in [1.29, 1.82) is 5.26 Å². The van der Waals surface area contributed by atoms with Gasteiger partial charge >= 0.3 is 5.76 Å². The van der Waals surface area contributed by atoms with E-state index in [2.05, 4.69) is 16.4 Å². The van der Waals surface area contributed by atoms with E-state index in [9.17, 15) is 27.3 Å². The number of nitrogens with one attached hydrogen (secondary N) is 1. The molecule has 0 saturated heterocycles. The van der Waals surface area contributed by atoms with Gasteiger partial charge in [-0.15, -0.1) is 0 Å². The zero-order valence-electron chi connectivity index (χ0n) is 14.4. The molecule has 0 bridgehead atoms. The zero-order chi connectivity index (χ0) is 20.2. The van der Waals surface area contributed by atoms with Gasteiger partial charge in [0.05, 0.1) is 16.2 Å². The van der Waals surface area contributed by atoms with Crippen molar-refractivity contribution in [3.8, 4) is 6.07 Å². The highest BCUT2D eigenvalue weighted by atomic mass is 32.2. The van der Waals surface area contributed by atoms with Crippen LogP contribution in [0.1, 0.15) is 16.8 Å². The van der Waals surface area contributed by atoms with E-state index in [1.165, 1.54) is 12.1 Å². The van der Waals surface area contributed by atoms with Crippen LogP contribution < -0.4 is 5.32 Å². The van der Waals surface area contributed by atoms with Crippen molar-refractivity contribution in [2.24, 2.45) is 0 Å². The molecule has 142 valence electrons. The van der Waals surface area contributed by atoms with Crippen LogP contribution in [0.4, 0.5) is 14.5 Å². The molecule has 0 aliphatic carbocycles. The van der Waals surface area contributed by atoms with Gasteiger partial charge in [0.1, 0.15) is 11.1 Å². The van der Waals surface area contributed by atoms with Crippen molar-refractivity contribution in [2.45, 2.75) is 29.5 Å². The molecule has 0 spiro atoms. The highest BCUT2D eigenvalue weighted by molar-refractivity contribution is 8.00. The highest BCUT2D eigenvalue weighted by Crippen LogP contribution is 2.24. The number of hydrogen-bond acceptors (Lipinski definition) is 6. The standard InChI is InChI=1S/C17H15F2N3O3S2/c1-10-7-11(2)21-16(14(10)8-20)26-9-15(23)22-12-3-5-13(6-4-12)27(24,25)17(18)19/h3-7,17H,9H2,1-2H3,(H,22,23). The van der Waals surface area contributed by atoms with E-state index >= 15 is 0 Å². The van der Waals surface area contributed by atoms with Gasteiger partial charge in [0.15, 0.2) is 0 Å². The molecule has 6 nitrogen and oxygen atoms in total. The average molecular weight is 411 g/mol. The van der Waals surface area contributed by atoms with Gasteiger partial charge in [0.25, 0.3) is 0 Å². The summed E-state index contributed by atoms with van der Waals surface area (Å²) in [6.45, 7) is 3.57. The SMILES string of the molecule is Cc1cc(C)c(C#N)c(SCC(=O)Nc2ccc(S(=O)(=O)C(F)F)cc2)n1. The third kappa shape index (κ3) is 5.02. The van der Waals surface area contributed by atoms with Crippen LogP contribution in [0, 0.1) is 25.2 Å². The smallest absolute Gasteiger partial charge is 0.325 e. The number of thioether (sulfide) groups is 1. The van der Waals surface area contributed by atoms with E-state index in [4.69, 9.17) is 0 Å². The first-order chi connectivity index (χ1) is 12.6. The number of aryl methyl sites for hydroxylation is 2. The number of pyridine rings is 1. The lowest BCUT2D eigenvalue weighted by Crippen LogP contribution is -2.15. The maximum Gasteiger partial charge on any atom is 0.341 e. The molecule has 0 unspecified atom stereocenters. The quantitative estimate of drug-likeness (QED) is 0.732. The average Bonchev–Trinajstić information content (AvgIpc) is 2.60. The van der Waals surface area contributed by atoms with Gasteiger partial charge in [0, 0.05) is 11.4 Å². The molecule has 0 aliphatic rings. The molecule has 0 atom stereocenters. The number of anilines is 1. The zero-order valence-corrected chi connectivity index (χ0v) is 16.0. The third-order valence-electron chi connectivity index (χ3n) is 3.46. The van der Waals surface area contributed by atoms with Crippen molar-refractivity contribution in [2.75, 3.05) is 11.1 Å². The Kier molecular flexibility index (Phi) is 6.51. The van der Waals surface area contributed by atoms with Gasteiger partial charge in [-0.2, -0.15) is 14.0 Å². The van der Waals surface area contributed by atoms with Crippen LogP contribution in [0.15, 0.2) is 40.3 Å². The van der Waals surface area contributed by atoms with E-state index < -0.39 is 26.4 Å². The van der Waals surface area contributed by atoms with E-state index in [0.717, 1.165) is 35.2 Å². The minimum atomic E-state index is -4.67. The van der Waals surface area contributed by atoms with Gasteiger partial charge < -0.3 is 5.32 Å². The van der Waals surface area contributed by atoms with Gasteiger partial charge in [-0.1, -0.05) is 11.8 Å². The fourth-order valence-electron chi connectivity index (χ4n) is 2.20. The molecule has 27 heavy (non-hydrogen) atoms. The van der Waals surface area contributed by atoms with Crippen molar-refractivity contribution in [3.05, 3.63) is 47.2 Å². The maximum atomic E-state index is 12.5. The van der Waals surface area contributed by atoms with Crippen LogP contribution in [0.25, 0.3) is 0 Å². The number of halogens is 2. The highest BCUT2D eigenvalue weighted by Gasteiger charge is 2.26. The predicted octanol–water partition coefficient (Wildman–Crippen LogP) is 3.30. The number of hydrogen-bond donors (Lipinski definition) is 1. The number of aromatic nitrogens is 1. The monoisotopic (exact) mass is 411 g/mol. The second kappa shape index (κ2) is 8.45. The Hall–Kier alpha value is -2.51. The summed E-state index contributed by atoms with van der Waals surface area (Å²) < 4.78 is 47.7. The van der Waals surface area contributed by atoms with Crippen LogP contribution in [0.2, 0.25) is 0 Å². The van der Waals surface area contributed by atoms with E-state index in [0.29, 0.717) is 10.6 Å². The molecular formula is C17H15F2N3O3S2. The van der Waals surface area contributed by atoms with Gasteiger partial charge in [-0.3, -0.25) is 4.79 Å². The first kappa shape index (κ1) is 20.8. The van der Waals surface area contributed by atoms with Crippen molar-refractivity contribution < 1.29 is 22.0 Å². The number of alkyl halides is 2. The lowest BCUT2D eigenvalue weighted by Gasteiger charge is -2.09. The molecule has 1 heterocycles. The Labute approximate surface area is 159 Å². The molecule has 0 aliphatic heterocycles. The van der Waals surface area contributed by atoms with Crippen molar-refractivity contribution in [3.63, 3.8) is 0 Å². The van der Waals surface area contributed by atoms with Gasteiger partial charge in [-0.05, 0) is 49.7 Å². The van der Waals surface area contributed by atoms with Crippen LogP contribution >= 0.6 is 11.8 Å². The number of carbonyl (C=O) groups excluding carboxylic acids is 1. The molecule has 2 aromatic rings. The van der Waals surface area contributed by atoms with Crippen LogP contribution in [0.5, 0.6) is 0 Å². The summed E-state index contributed by atoms with van der Waals surface area (Å²) in [5, 5.41) is 12.2. The van der Waals surface area contributed by atoms with Crippen molar-refractivity contribution >= 4 is 33.2 Å². The molecular weight excluding hydrogens is 396 g/mol. The van der Waals surface area contributed by atoms with Gasteiger partial charge in [0.2, 0.25) is 15.7 Å². The Morgan fingerprint density at radius 3 is 2.48 bits per heavy atom. The Morgan fingerprint density at radius 1 is 1.30 bits per heavy atom. The van der Waals surface area contributed by atoms with Gasteiger partial charge in [-0.25, -0.2) is 13.4 Å². The number of amides is 1. The summed E-state index contributed by atoms with van der Waals surface area (Å²) in [6.07, 6.45) is 0. The molecule has 1 N–H and O–H groups in total. The normalized spacial score (nSPS) is 11.3. The Balaban J connectivity index is 2.04. The fourth-order valence-corrected chi connectivity index (χ4v) is 3.83. The summed E-state index contributed by atoms with van der Waals surface area (Å²) >= 11 is 1.10. The number of nitriles is 1. The van der Waals surface area contributed by atoms with Crippen LogP contribution in [-0.2, 0) is 14.6 Å². The predicted molar refractivity (Wildman–Crippen MR) is 97.4 cm³/mol. The first-order valence-electron chi connectivity index (χ1n) is 7.58. The van der Waals surface area contributed by atoms with Crippen LogP contribution in [-0.4, -0.2) is 30.8 Å². The second-order valence-corrected chi connectivity index (χ2v) is 8.42. The number of rotatable bonds is 6. The molecule has 0 saturated carbocycles. The van der Waals surface area contributed by atoms with Crippen LogP contribution in [0.3, 0.4) is 0 Å². The minimum absolute atomic E-state index is 0.0261. The summed E-state index contributed by atoms with van der Waals surface area (Å²) in [5.41, 5.74) is 2.16.